The van der Waals surface area contributed by atoms with Gasteiger partial charge in [0.25, 0.3) is 0 Å². The van der Waals surface area contributed by atoms with Gasteiger partial charge in [0.15, 0.2) is 5.13 Å². The zero-order valence-electron chi connectivity index (χ0n) is 13.1. The Labute approximate surface area is 129 Å². The highest BCUT2D eigenvalue weighted by Crippen LogP contribution is 2.33. The summed E-state index contributed by atoms with van der Waals surface area (Å²) in [6.07, 6.45) is 0. The number of hydrogen-bond acceptors (Lipinski definition) is 5. The standard InChI is InChI=1S/C16H21N3OS/c1-10(19-20)14-13(18-15(17-5)21-14)11-6-8-12(9-7-11)16(2,3)4/h6-9,20H,1-5H3,(H,17,18)/b19-10+. The first-order chi connectivity index (χ1) is 9.86. The minimum absolute atomic E-state index is 0.127. The lowest BCUT2D eigenvalue weighted by molar-refractivity contribution is 0.319. The SMILES string of the molecule is CNc1nc(-c2ccc(C(C)(C)C)cc2)c(/C(C)=N/O)s1. The van der Waals surface area contributed by atoms with Gasteiger partial charge in [0.1, 0.15) is 0 Å². The van der Waals surface area contributed by atoms with Crippen LogP contribution in [0, 0.1) is 0 Å². The van der Waals surface area contributed by atoms with E-state index in [1.54, 1.807) is 6.92 Å². The van der Waals surface area contributed by atoms with E-state index < -0.39 is 0 Å². The second kappa shape index (κ2) is 5.85. The molecule has 2 aromatic rings. The molecule has 0 saturated heterocycles. The molecule has 21 heavy (non-hydrogen) atoms. The maximum Gasteiger partial charge on any atom is 0.183 e. The third kappa shape index (κ3) is 3.24. The summed E-state index contributed by atoms with van der Waals surface area (Å²) in [6, 6.07) is 8.40. The van der Waals surface area contributed by atoms with Crippen molar-refractivity contribution in [2.75, 3.05) is 12.4 Å². The second-order valence-corrected chi connectivity index (χ2v) is 6.96. The van der Waals surface area contributed by atoms with Crippen LogP contribution in [0.25, 0.3) is 11.3 Å². The summed E-state index contributed by atoms with van der Waals surface area (Å²) in [4.78, 5) is 5.46. The fraction of sp³-hybridized carbons (Fsp3) is 0.375. The average Bonchev–Trinajstić information content (AvgIpc) is 2.90. The Morgan fingerprint density at radius 1 is 1.24 bits per heavy atom. The van der Waals surface area contributed by atoms with Crippen molar-refractivity contribution in [3.8, 4) is 11.3 Å². The highest BCUT2D eigenvalue weighted by atomic mass is 32.1. The Bertz CT molecular complexity index is 651. The van der Waals surface area contributed by atoms with Crippen LogP contribution in [0.2, 0.25) is 0 Å². The van der Waals surface area contributed by atoms with Crippen molar-refractivity contribution in [1.82, 2.24) is 4.98 Å². The topological polar surface area (TPSA) is 57.5 Å². The highest BCUT2D eigenvalue weighted by molar-refractivity contribution is 7.18. The predicted octanol–water partition coefficient (Wildman–Crippen LogP) is 4.35. The maximum atomic E-state index is 9.04. The summed E-state index contributed by atoms with van der Waals surface area (Å²) in [5.41, 5.74) is 3.86. The van der Waals surface area contributed by atoms with Gasteiger partial charge in [-0.15, -0.1) is 0 Å². The van der Waals surface area contributed by atoms with Crippen molar-refractivity contribution >= 4 is 22.2 Å². The van der Waals surface area contributed by atoms with Crippen LogP contribution < -0.4 is 5.32 Å². The Balaban J connectivity index is 2.49. The number of aromatic nitrogens is 1. The zero-order valence-corrected chi connectivity index (χ0v) is 13.9. The van der Waals surface area contributed by atoms with Crippen LogP contribution in [0.4, 0.5) is 5.13 Å². The van der Waals surface area contributed by atoms with Gasteiger partial charge in [-0.25, -0.2) is 4.98 Å². The molecule has 0 atom stereocenters. The van der Waals surface area contributed by atoms with Gasteiger partial charge in [-0.05, 0) is 17.9 Å². The molecule has 0 spiro atoms. The molecule has 0 unspecified atom stereocenters. The molecule has 0 aliphatic carbocycles. The van der Waals surface area contributed by atoms with Gasteiger partial charge in [0.2, 0.25) is 0 Å². The van der Waals surface area contributed by atoms with Gasteiger partial charge < -0.3 is 10.5 Å². The number of oxime groups is 1. The van der Waals surface area contributed by atoms with Crippen LogP contribution in [0.15, 0.2) is 29.4 Å². The van der Waals surface area contributed by atoms with Crippen LogP contribution in [-0.4, -0.2) is 23.0 Å². The number of anilines is 1. The molecular weight excluding hydrogens is 282 g/mol. The summed E-state index contributed by atoms with van der Waals surface area (Å²) in [7, 11) is 1.83. The summed E-state index contributed by atoms with van der Waals surface area (Å²) in [6.45, 7) is 8.35. The lowest BCUT2D eigenvalue weighted by atomic mass is 9.86. The molecule has 2 rings (SSSR count). The van der Waals surface area contributed by atoms with Crippen molar-refractivity contribution in [2.45, 2.75) is 33.1 Å². The molecule has 5 heteroatoms. The zero-order chi connectivity index (χ0) is 15.6. The van der Waals surface area contributed by atoms with E-state index in [0.29, 0.717) is 5.71 Å². The van der Waals surface area contributed by atoms with E-state index in [1.165, 1.54) is 16.9 Å². The lowest BCUT2D eigenvalue weighted by Crippen LogP contribution is -2.10. The minimum atomic E-state index is 0.127. The van der Waals surface area contributed by atoms with E-state index in [-0.39, 0.29) is 5.41 Å². The molecule has 2 N–H and O–H groups in total. The maximum absolute atomic E-state index is 9.04. The van der Waals surface area contributed by atoms with E-state index in [4.69, 9.17) is 5.21 Å². The third-order valence-corrected chi connectivity index (χ3v) is 4.53. The van der Waals surface area contributed by atoms with Crippen molar-refractivity contribution in [3.05, 3.63) is 34.7 Å². The van der Waals surface area contributed by atoms with E-state index in [2.05, 4.69) is 60.5 Å². The normalized spacial score (nSPS) is 12.5. The Morgan fingerprint density at radius 2 is 1.86 bits per heavy atom. The number of benzene rings is 1. The van der Waals surface area contributed by atoms with Gasteiger partial charge in [-0.3, -0.25) is 0 Å². The van der Waals surface area contributed by atoms with Crippen LogP contribution in [0.1, 0.15) is 38.1 Å². The number of thiazole rings is 1. The molecule has 1 heterocycles. The van der Waals surface area contributed by atoms with Gasteiger partial charge in [0, 0.05) is 12.6 Å². The molecule has 0 bridgehead atoms. The molecule has 0 fully saturated rings. The van der Waals surface area contributed by atoms with Crippen molar-refractivity contribution < 1.29 is 5.21 Å². The van der Waals surface area contributed by atoms with Crippen molar-refractivity contribution in [3.63, 3.8) is 0 Å². The molecule has 0 saturated carbocycles. The molecule has 1 aromatic carbocycles. The first-order valence-electron chi connectivity index (χ1n) is 6.85. The average molecular weight is 303 g/mol. The van der Waals surface area contributed by atoms with Crippen LogP contribution in [0.3, 0.4) is 0 Å². The number of hydrogen-bond donors (Lipinski definition) is 2. The third-order valence-electron chi connectivity index (χ3n) is 3.34. The van der Waals surface area contributed by atoms with E-state index >= 15 is 0 Å². The molecule has 112 valence electrons. The van der Waals surface area contributed by atoms with Gasteiger partial charge in [0.05, 0.1) is 16.3 Å². The van der Waals surface area contributed by atoms with E-state index in [1.807, 2.05) is 7.05 Å². The monoisotopic (exact) mass is 303 g/mol. The summed E-state index contributed by atoms with van der Waals surface area (Å²) in [5.74, 6) is 0. The largest absolute Gasteiger partial charge is 0.411 e. The number of rotatable bonds is 3. The highest BCUT2D eigenvalue weighted by Gasteiger charge is 2.17. The van der Waals surface area contributed by atoms with Crippen molar-refractivity contribution in [2.24, 2.45) is 5.16 Å². The Morgan fingerprint density at radius 3 is 2.33 bits per heavy atom. The number of nitrogens with one attached hydrogen (secondary N) is 1. The summed E-state index contributed by atoms with van der Waals surface area (Å²) < 4.78 is 0. The summed E-state index contributed by atoms with van der Waals surface area (Å²) in [5, 5.41) is 16.2. The van der Waals surface area contributed by atoms with Crippen LogP contribution in [0.5, 0.6) is 0 Å². The first kappa shape index (κ1) is 15.5. The second-order valence-electron chi connectivity index (χ2n) is 5.96. The Kier molecular flexibility index (Phi) is 4.32. The molecule has 1 aromatic heterocycles. The molecule has 0 aliphatic rings. The number of nitrogens with zero attached hydrogens (tertiary/aromatic N) is 2. The smallest absolute Gasteiger partial charge is 0.183 e. The van der Waals surface area contributed by atoms with Crippen molar-refractivity contribution in [1.29, 1.82) is 0 Å². The van der Waals surface area contributed by atoms with Gasteiger partial charge in [-0.2, -0.15) is 0 Å². The summed E-state index contributed by atoms with van der Waals surface area (Å²) >= 11 is 1.48. The molecule has 0 amide bonds. The van der Waals surface area contributed by atoms with Gasteiger partial charge in [-0.1, -0.05) is 61.5 Å². The van der Waals surface area contributed by atoms with E-state index in [9.17, 15) is 0 Å². The lowest BCUT2D eigenvalue weighted by Gasteiger charge is -2.19. The van der Waals surface area contributed by atoms with E-state index in [0.717, 1.165) is 21.3 Å². The minimum Gasteiger partial charge on any atom is -0.411 e. The van der Waals surface area contributed by atoms with Gasteiger partial charge >= 0.3 is 0 Å². The van der Waals surface area contributed by atoms with Crippen LogP contribution in [-0.2, 0) is 5.41 Å². The molecule has 0 radical (unpaired) electrons. The quantitative estimate of drug-likeness (QED) is 0.503. The molecule has 0 aliphatic heterocycles. The molecular formula is C16H21N3OS. The fourth-order valence-corrected chi connectivity index (χ4v) is 2.92. The molecule has 4 nitrogen and oxygen atoms in total. The van der Waals surface area contributed by atoms with Crippen LogP contribution >= 0.6 is 11.3 Å². The Hall–Kier alpha value is -1.88. The first-order valence-corrected chi connectivity index (χ1v) is 7.67. The fourth-order valence-electron chi connectivity index (χ4n) is 2.04. The predicted molar refractivity (Wildman–Crippen MR) is 89.8 cm³/mol.